The molecule has 0 aliphatic heterocycles. The summed E-state index contributed by atoms with van der Waals surface area (Å²) in [5.41, 5.74) is 0. The van der Waals surface area contributed by atoms with Crippen molar-refractivity contribution in [2.24, 2.45) is 0 Å². The summed E-state index contributed by atoms with van der Waals surface area (Å²) in [4.78, 5) is 0. The van der Waals surface area contributed by atoms with E-state index in [2.05, 4.69) is 50.2 Å². The molecule has 0 heterocycles. The quantitative estimate of drug-likeness (QED) is 0.168. The van der Waals surface area contributed by atoms with E-state index in [9.17, 15) is 34.5 Å². The molecule has 0 unspecified atom stereocenters. The van der Waals surface area contributed by atoms with E-state index in [1.807, 2.05) is 32.1 Å². The fourth-order valence-electron chi connectivity index (χ4n) is 1.39. The van der Waals surface area contributed by atoms with E-state index >= 15 is 0 Å². The zero-order valence-electron chi connectivity index (χ0n) is 15.4. The second-order valence-corrected chi connectivity index (χ2v) is 4.33. The van der Waals surface area contributed by atoms with E-state index in [0.29, 0.717) is 0 Å². The van der Waals surface area contributed by atoms with Crippen molar-refractivity contribution < 1.29 is 60.2 Å². The molecule has 10 radical (unpaired) electrons. The van der Waals surface area contributed by atoms with Gasteiger partial charge in [-0.15, -0.1) is 0 Å². The first-order valence-corrected chi connectivity index (χ1v) is 7.41. The van der Waals surface area contributed by atoms with E-state index in [0.717, 1.165) is 0 Å². The van der Waals surface area contributed by atoms with Crippen LogP contribution in [0.2, 0.25) is 0 Å². The van der Waals surface area contributed by atoms with Gasteiger partial charge >= 0.3 is 46.9 Å². The maximum absolute atomic E-state index is 9.75. The maximum atomic E-state index is 9.75. The van der Waals surface area contributed by atoms with Gasteiger partial charge < -0.3 is 34.5 Å². The van der Waals surface area contributed by atoms with E-state index < -0.39 is 14.5 Å². The largest absolute Gasteiger partial charge is 2.00 e. The van der Waals surface area contributed by atoms with Crippen molar-refractivity contribution in [3.05, 3.63) is 94.2 Å². The minimum atomic E-state index is -6.00. The number of nitriles is 1. The van der Waals surface area contributed by atoms with Gasteiger partial charge in [0, 0.05) is 18.8 Å². The first kappa shape index (κ1) is 36.3. The van der Waals surface area contributed by atoms with Gasteiger partial charge in [0.25, 0.3) is 0 Å². The van der Waals surface area contributed by atoms with Crippen molar-refractivity contribution in [1.82, 2.24) is 0 Å². The Hall–Kier alpha value is -1.03. The molecule has 2 fully saturated rings. The molecule has 0 spiro atoms. The number of fused-ring (bicyclic) bond motifs is 1. The SMILES string of the molecule is CC#N.F[B-](F)(F)F.F[B-](F)(F)F.[C-]#[O+].[CH]1[CH][CH][CH][CH]1.[CH]1[CH][C]2C=CC=C[C]2[CH]1.[Mo+2]. The monoisotopic (exact) mass is 521 g/mol. The maximum Gasteiger partial charge on any atom is 2.00 e. The number of hydrogen-bond acceptors (Lipinski definition) is 1. The van der Waals surface area contributed by atoms with Gasteiger partial charge in [0.2, 0.25) is 0 Å². The van der Waals surface area contributed by atoms with Crippen LogP contribution in [0.5, 0.6) is 0 Å². The summed E-state index contributed by atoms with van der Waals surface area (Å²) in [5.74, 6) is 2.66. The standard InChI is InChI=1S/C9H7.C5H5.C2H3N.CO.2BF4.Mo/c1-2-5-9-7-3-6-8(9)4-1;1-2-4-5-3-1;1-2-3;1-2;2*2-1(3,4)5;/h1-7H;1-5H;1H3;;;;/q;;;;2*-1;+2. The van der Waals surface area contributed by atoms with Gasteiger partial charge in [-0.05, 0) is 51.4 Å². The molecule has 0 saturated heterocycles. The van der Waals surface area contributed by atoms with Crippen LogP contribution in [-0.4, -0.2) is 14.5 Å². The Labute approximate surface area is 187 Å². The molecule has 0 bridgehead atoms. The summed E-state index contributed by atoms with van der Waals surface area (Å²) in [7, 11) is -12.0. The van der Waals surface area contributed by atoms with Crippen LogP contribution < -0.4 is 0 Å². The third-order valence-electron chi connectivity index (χ3n) is 2.10. The Kier molecular flexibility index (Phi) is 27.4. The predicted octanol–water partition coefficient (Wildman–Crippen LogP) is 6.00. The number of allylic oxidation sites excluding steroid dienone is 4. The van der Waals surface area contributed by atoms with Gasteiger partial charge in [-0.2, -0.15) is 5.26 Å². The predicted molar refractivity (Wildman–Crippen MR) is 94.8 cm³/mol. The molecular formula is C17H15B2F8MoNO. The zero-order chi connectivity index (χ0) is 23.3. The summed E-state index contributed by atoms with van der Waals surface area (Å²) < 4.78 is 85.5. The normalized spacial score (nSPS) is 16.5. The Morgan fingerprint density at radius 3 is 1.10 bits per heavy atom. The molecule has 2 nitrogen and oxygen atoms in total. The average Bonchev–Trinajstić information content (AvgIpc) is 3.29. The third-order valence-corrected chi connectivity index (χ3v) is 2.10. The van der Waals surface area contributed by atoms with Crippen LogP contribution >= 0.6 is 0 Å². The average molecular weight is 519 g/mol. The topological polar surface area (TPSA) is 43.7 Å². The van der Waals surface area contributed by atoms with Crippen LogP contribution in [0.25, 0.3) is 0 Å². The molecule has 0 aromatic heterocycles. The van der Waals surface area contributed by atoms with Crippen LogP contribution in [0.3, 0.4) is 0 Å². The molecule has 3 aliphatic rings. The van der Waals surface area contributed by atoms with Crippen LogP contribution in [0.1, 0.15) is 6.92 Å². The minimum Gasteiger partial charge on any atom is -0.0762 e. The minimum absolute atomic E-state index is 0. The van der Waals surface area contributed by atoms with Gasteiger partial charge in [0.1, 0.15) is 0 Å². The Morgan fingerprint density at radius 1 is 0.700 bits per heavy atom. The smallest absolute Gasteiger partial charge is 0.0762 e. The molecule has 3 aliphatic carbocycles. The molecule has 0 atom stereocenters. The number of nitrogens with zero attached hydrogens (tertiary/aromatic N) is 1. The second-order valence-electron chi connectivity index (χ2n) is 4.33. The van der Waals surface area contributed by atoms with Crippen LogP contribution in [0.15, 0.2) is 24.3 Å². The first-order chi connectivity index (χ1) is 13.4. The molecule has 2 saturated carbocycles. The third kappa shape index (κ3) is 41.4. The zero-order valence-corrected chi connectivity index (χ0v) is 17.4. The fraction of sp³-hybridized carbons (Fsp3) is 0.0588. The van der Waals surface area contributed by atoms with Crippen molar-refractivity contribution >= 4 is 14.5 Å². The number of rotatable bonds is 0. The summed E-state index contributed by atoms with van der Waals surface area (Å²) in [6.07, 6.45) is 24.7. The molecule has 3 rings (SSSR count). The molecule has 13 heteroatoms. The van der Waals surface area contributed by atoms with Crippen LogP contribution in [0.4, 0.5) is 34.5 Å². The molecule has 0 amide bonds. The Balaban J connectivity index is -0.000000144. The molecule has 162 valence electrons. The van der Waals surface area contributed by atoms with Gasteiger partial charge in [-0.25, -0.2) is 0 Å². The van der Waals surface area contributed by atoms with Crippen molar-refractivity contribution in [2.45, 2.75) is 6.92 Å². The Bertz CT molecular complexity index is 451. The van der Waals surface area contributed by atoms with Gasteiger partial charge in [-0.3, -0.25) is 0 Å². The summed E-state index contributed by atoms with van der Waals surface area (Å²) in [5, 5.41) is 7.32. The summed E-state index contributed by atoms with van der Waals surface area (Å²) in [6.45, 7) is 5.93. The van der Waals surface area contributed by atoms with Crippen LogP contribution in [-0.2, 0) is 25.7 Å². The van der Waals surface area contributed by atoms with E-state index in [4.69, 9.17) is 9.91 Å². The van der Waals surface area contributed by atoms with Crippen molar-refractivity contribution in [3.63, 3.8) is 0 Å². The molecule has 30 heavy (non-hydrogen) atoms. The van der Waals surface area contributed by atoms with Gasteiger partial charge in [0.15, 0.2) is 0 Å². The molecule has 0 aromatic rings. The second kappa shape index (κ2) is 22.6. The van der Waals surface area contributed by atoms with Gasteiger partial charge in [0.05, 0.1) is 6.07 Å². The van der Waals surface area contributed by atoms with E-state index in [1.165, 1.54) is 18.8 Å². The Morgan fingerprint density at radius 2 is 0.900 bits per heavy atom. The summed E-state index contributed by atoms with van der Waals surface area (Å²) >= 11 is 0. The van der Waals surface area contributed by atoms with Gasteiger partial charge in [-0.1, -0.05) is 24.3 Å². The summed E-state index contributed by atoms with van der Waals surface area (Å²) in [6, 6.07) is 1.75. The first-order valence-electron chi connectivity index (χ1n) is 7.41. The molecule has 0 aromatic carbocycles. The molecular weight excluding hydrogens is 504 g/mol. The van der Waals surface area contributed by atoms with Crippen LogP contribution in [0, 0.1) is 81.2 Å². The number of hydrogen-bond donors (Lipinski definition) is 0. The van der Waals surface area contributed by atoms with E-state index in [-0.39, 0.29) is 21.1 Å². The van der Waals surface area contributed by atoms with Crippen molar-refractivity contribution in [2.75, 3.05) is 0 Å². The van der Waals surface area contributed by atoms with Crippen molar-refractivity contribution in [1.29, 1.82) is 5.26 Å². The number of halogens is 8. The van der Waals surface area contributed by atoms with Crippen molar-refractivity contribution in [3.8, 4) is 6.07 Å². The molecule has 0 N–H and O–H groups in total. The van der Waals surface area contributed by atoms with E-state index in [1.54, 1.807) is 6.07 Å². The fourth-order valence-corrected chi connectivity index (χ4v) is 1.39.